The van der Waals surface area contributed by atoms with Crippen LogP contribution >= 0.6 is 12.4 Å². The van der Waals surface area contributed by atoms with Gasteiger partial charge >= 0.3 is 0 Å². The third kappa shape index (κ3) is 2.85. The van der Waals surface area contributed by atoms with Crippen molar-refractivity contribution in [3.8, 4) is 0 Å². The van der Waals surface area contributed by atoms with E-state index in [4.69, 9.17) is 4.74 Å². The zero-order valence-corrected chi connectivity index (χ0v) is 11.8. The second-order valence-electron chi connectivity index (χ2n) is 5.37. The van der Waals surface area contributed by atoms with Crippen LogP contribution in [0.5, 0.6) is 0 Å². The Morgan fingerprint density at radius 1 is 1.47 bits per heavy atom. The highest BCUT2D eigenvalue weighted by molar-refractivity contribution is 5.95. The van der Waals surface area contributed by atoms with E-state index < -0.39 is 0 Å². The lowest BCUT2D eigenvalue weighted by Gasteiger charge is -2.23. The lowest BCUT2D eigenvalue weighted by molar-refractivity contribution is 0.0890. The zero-order valence-electron chi connectivity index (χ0n) is 11.0. The molecule has 1 amide bonds. The maximum atomic E-state index is 12.2. The third-order valence-corrected chi connectivity index (χ3v) is 3.71. The van der Waals surface area contributed by atoms with Crippen LogP contribution in [0.15, 0.2) is 18.2 Å². The van der Waals surface area contributed by atoms with Crippen molar-refractivity contribution in [2.75, 3.05) is 25.1 Å². The molecule has 0 bridgehead atoms. The van der Waals surface area contributed by atoms with Crippen molar-refractivity contribution in [1.29, 1.82) is 0 Å². The standard InChI is InChI=1S/C14H18N2O2.ClH/c1-14(5-7-18-9-14)16-13(17)11-2-3-12-10(8-11)4-6-15-12;/h2-3,8,15H,4-7,9H2,1H3,(H,16,17);1H. The second kappa shape index (κ2) is 5.39. The van der Waals surface area contributed by atoms with E-state index in [0.29, 0.717) is 6.61 Å². The van der Waals surface area contributed by atoms with Crippen molar-refractivity contribution in [3.63, 3.8) is 0 Å². The largest absolute Gasteiger partial charge is 0.384 e. The fourth-order valence-electron chi connectivity index (χ4n) is 2.56. The van der Waals surface area contributed by atoms with E-state index in [1.807, 2.05) is 25.1 Å². The number of carbonyl (C=O) groups excluding carboxylic acids is 1. The van der Waals surface area contributed by atoms with Gasteiger partial charge in [-0.2, -0.15) is 0 Å². The highest BCUT2D eigenvalue weighted by atomic mass is 35.5. The normalized spacial score (nSPS) is 24.3. The average Bonchev–Trinajstić information content (AvgIpc) is 2.96. The van der Waals surface area contributed by atoms with Crippen LogP contribution in [0.25, 0.3) is 0 Å². The highest BCUT2D eigenvalue weighted by Gasteiger charge is 2.31. The summed E-state index contributed by atoms with van der Waals surface area (Å²) in [6.45, 7) is 4.33. The van der Waals surface area contributed by atoms with Crippen molar-refractivity contribution >= 4 is 24.0 Å². The van der Waals surface area contributed by atoms with E-state index in [1.165, 1.54) is 5.56 Å². The number of fused-ring (bicyclic) bond motifs is 1. The summed E-state index contributed by atoms with van der Waals surface area (Å²) >= 11 is 0. The molecule has 19 heavy (non-hydrogen) atoms. The Hall–Kier alpha value is -1.26. The molecule has 2 N–H and O–H groups in total. The Morgan fingerprint density at radius 2 is 2.32 bits per heavy atom. The van der Waals surface area contributed by atoms with Crippen LogP contribution < -0.4 is 10.6 Å². The molecule has 2 aliphatic heterocycles. The summed E-state index contributed by atoms with van der Waals surface area (Å²) in [6.07, 6.45) is 1.88. The molecule has 4 nitrogen and oxygen atoms in total. The predicted octanol–water partition coefficient (Wildman–Crippen LogP) is 1.99. The molecule has 1 saturated heterocycles. The van der Waals surface area contributed by atoms with Crippen LogP contribution in [-0.2, 0) is 11.2 Å². The number of hydrogen-bond acceptors (Lipinski definition) is 3. The molecule has 1 fully saturated rings. The Kier molecular flexibility index (Phi) is 4.02. The molecule has 1 unspecified atom stereocenters. The Balaban J connectivity index is 0.00000133. The number of benzene rings is 1. The number of nitrogens with one attached hydrogen (secondary N) is 2. The lowest BCUT2D eigenvalue weighted by Crippen LogP contribution is -2.46. The molecular formula is C14H19ClN2O2. The van der Waals surface area contributed by atoms with E-state index in [2.05, 4.69) is 10.6 Å². The summed E-state index contributed by atoms with van der Waals surface area (Å²) < 4.78 is 5.35. The van der Waals surface area contributed by atoms with Gasteiger partial charge in [0, 0.05) is 24.4 Å². The number of carbonyl (C=O) groups is 1. The van der Waals surface area contributed by atoms with Crippen LogP contribution in [0.4, 0.5) is 5.69 Å². The van der Waals surface area contributed by atoms with Gasteiger partial charge in [-0.05, 0) is 43.5 Å². The van der Waals surface area contributed by atoms with Crippen molar-refractivity contribution in [2.45, 2.75) is 25.3 Å². The minimum atomic E-state index is -0.214. The molecule has 2 heterocycles. The van der Waals surface area contributed by atoms with Crippen molar-refractivity contribution in [2.24, 2.45) is 0 Å². The topological polar surface area (TPSA) is 50.4 Å². The van der Waals surface area contributed by atoms with E-state index in [9.17, 15) is 4.79 Å². The third-order valence-electron chi connectivity index (χ3n) is 3.71. The summed E-state index contributed by atoms with van der Waals surface area (Å²) in [7, 11) is 0. The van der Waals surface area contributed by atoms with Crippen LogP contribution in [0.3, 0.4) is 0 Å². The molecule has 2 aliphatic rings. The summed E-state index contributed by atoms with van der Waals surface area (Å²) in [5.41, 5.74) is 2.91. The van der Waals surface area contributed by atoms with Gasteiger partial charge in [0.1, 0.15) is 0 Å². The summed E-state index contributed by atoms with van der Waals surface area (Å²) in [5, 5.41) is 6.37. The number of halogens is 1. The minimum Gasteiger partial charge on any atom is -0.384 e. The molecule has 0 radical (unpaired) electrons. The van der Waals surface area contributed by atoms with Crippen molar-refractivity contribution in [3.05, 3.63) is 29.3 Å². The Morgan fingerprint density at radius 3 is 3.05 bits per heavy atom. The first-order valence-electron chi connectivity index (χ1n) is 6.43. The molecule has 0 aromatic heterocycles. The molecular weight excluding hydrogens is 264 g/mol. The first kappa shape index (κ1) is 14.2. The van der Waals surface area contributed by atoms with Gasteiger partial charge in [-0.1, -0.05) is 0 Å². The summed E-state index contributed by atoms with van der Waals surface area (Å²) in [6, 6.07) is 5.86. The quantitative estimate of drug-likeness (QED) is 0.872. The van der Waals surface area contributed by atoms with Gasteiger partial charge in [0.05, 0.1) is 12.1 Å². The van der Waals surface area contributed by atoms with Gasteiger partial charge in [-0.25, -0.2) is 0 Å². The van der Waals surface area contributed by atoms with E-state index in [-0.39, 0.29) is 23.9 Å². The summed E-state index contributed by atoms with van der Waals surface area (Å²) in [4.78, 5) is 12.2. The first-order valence-corrected chi connectivity index (χ1v) is 6.43. The highest BCUT2D eigenvalue weighted by Crippen LogP contribution is 2.24. The lowest BCUT2D eigenvalue weighted by atomic mass is 10.0. The van der Waals surface area contributed by atoms with Crippen LogP contribution in [-0.4, -0.2) is 31.2 Å². The van der Waals surface area contributed by atoms with E-state index in [0.717, 1.165) is 37.2 Å². The maximum Gasteiger partial charge on any atom is 0.251 e. The van der Waals surface area contributed by atoms with E-state index in [1.54, 1.807) is 0 Å². The molecule has 104 valence electrons. The number of rotatable bonds is 2. The minimum absolute atomic E-state index is 0. The zero-order chi connectivity index (χ0) is 12.6. The van der Waals surface area contributed by atoms with Gasteiger partial charge in [0.25, 0.3) is 5.91 Å². The molecule has 0 spiro atoms. The van der Waals surface area contributed by atoms with Crippen LogP contribution in [0.2, 0.25) is 0 Å². The molecule has 3 rings (SSSR count). The number of ether oxygens (including phenoxy) is 1. The molecule has 0 saturated carbocycles. The predicted molar refractivity (Wildman–Crippen MR) is 77.2 cm³/mol. The molecule has 5 heteroatoms. The SMILES string of the molecule is CC1(NC(=O)c2ccc3c(c2)CCN3)CCOC1.Cl. The fourth-order valence-corrected chi connectivity index (χ4v) is 2.56. The molecule has 1 aromatic carbocycles. The van der Waals surface area contributed by atoms with Crippen molar-refractivity contribution < 1.29 is 9.53 Å². The average molecular weight is 283 g/mol. The van der Waals surface area contributed by atoms with Crippen molar-refractivity contribution in [1.82, 2.24) is 5.32 Å². The number of hydrogen-bond donors (Lipinski definition) is 2. The van der Waals surface area contributed by atoms with Gasteiger partial charge < -0.3 is 15.4 Å². The maximum absolute atomic E-state index is 12.2. The molecule has 1 atom stereocenters. The van der Waals surface area contributed by atoms with Gasteiger partial charge in [0.2, 0.25) is 0 Å². The van der Waals surface area contributed by atoms with Gasteiger partial charge in [-0.3, -0.25) is 4.79 Å². The Labute approximate surface area is 119 Å². The van der Waals surface area contributed by atoms with Gasteiger partial charge in [0.15, 0.2) is 0 Å². The Bertz CT molecular complexity index is 484. The fraction of sp³-hybridized carbons (Fsp3) is 0.500. The number of anilines is 1. The van der Waals surface area contributed by atoms with Crippen LogP contribution in [0, 0.1) is 0 Å². The van der Waals surface area contributed by atoms with Gasteiger partial charge in [-0.15, -0.1) is 12.4 Å². The first-order chi connectivity index (χ1) is 8.66. The number of amides is 1. The molecule has 0 aliphatic carbocycles. The smallest absolute Gasteiger partial charge is 0.251 e. The van der Waals surface area contributed by atoms with Crippen LogP contribution in [0.1, 0.15) is 29.3 Å². The van der Waals surface area contributed by atoms with E-state index >= 15 is 0 Å². The summed E-state index contributed by atoms with van der Waals surface area (Å²) in [5.74, 6) is -0.00213. The monoisotopic (exact) mass is 282 g/mol. The second-order valence-corrected chi connectivity index (χ2v) is 5.37. The molecule has 1 aromatic rings.